The Kier molecular flexibility index (Phi) is 3.03. The largest absolute Gasteiger partial charge is 0.507 e. The lowest BCUT2D eigenvalue weighted by atomic mass is 10.1. The van der Waals surface area contributed by atoms with Crippen LogP contribution in [0.5, 0.6) is 5.75 Å². The number of alkyl halides is 2. The van der Waals surface area contributed by atoms with Crippen molar-refractivity contribution in [3.63, 3.8) is 0 Å². The molecule has 0 radical (unpaired) electrons. The summed E-state index contributed by atoms with van der Waals surface area (Å²) in [5.41, 5.74) is 1.45. The SMILES string of the molecule is Oc1c(CCl)cccc1CCl. The Labute approximate surface area is 75.6 Å². The first-order valence-corrected chi connectivity index (χ1v) is 4.28. The zero-order chi connectivity index (χ0) is 8.27. The predicted molar refractivity (Wildman–Crippen MR) is 47.2 cm³/mol. The highest BCUT2D eigenvalue weighted by Crippen LogP contribution is 2.24. The van der Waals surface area contributed by atoms with Crippen LogP contribution in [0.1, 0.15) is 11.1 Å². The molecular formula is C8H8Cl2O. The van der Waals surface area contributed by atoms with Crippen molar-refractivity contribution in [1.82, 2.24) is 0 Å². The topological polar surface area (TPSA) is 20.2 Å². The molecule has 1 N–H and O–H groups in total. The van der Waals surface area contributed by atoms with E-state index in [-0.39, 0.29) is 5.75 Å². The lowest BCUT2D eigenvalue weighted by molar-refractivity contribution is 0.465. The Bertz CT molecular complexity index is 226. The number of para-hydroxylation sites is 1. The van der Waals surface area contributed by atoms with Crippen molar-refractivity contribution < 1.29 is 5.11 Å². The highest BCUT2D eigenvalue weighted by atomic mass is 35.5. The fraction of sp³-hybridized carbons (Fsp3) is 0.250. The predicted octanol–water partition coefficient (Wildman–Crippen LogP) is 2.87. The molecule has 0 atom stereocenters. The molecule has 60 valence electrons. The average Bonchev–Trinajstić information content (AvgIpc) is 2.05. The van der Waals surface area contributed by atoms with Crippen LogP contribution in [0.2, 0.25) is 0 Å². The second-order valence-electron chi connectivity index (χ2n) is 2.19. The van der Waals surface area contributed by atoms with Gasteiger partial charge in [0.25, 0.3) is 0 Å². The minimum atomic E-state index is 0.220. The molecule has 0 fully saturated rings. The minimum Gasteiger partial charge on any atom is -0.507 e. The molecule has 0 saturated carbocycles. The number of benzene rings is 1. The number of phenols is 1. The Balaban J connectivity index is 3.10. The standard InChI is InChI=1S/C8H8Cl2O/c9-4-6-2-1-3-7(5-10)8(6)11/h1-3,11H,4-5H2. The van der Waals surface area contributed by atoms with Gasteiger partial charge >= 0.3 is 0 Å². The van der Waals surface area contributed by atoms with Crippen LogP contribution in [0.15, 0.2) is 18.2 Å². The van der Waals surface area contributed by atoms with Gasteiger partial charge in [-0.25, -0.2) is 0 Å². The molecule has 11 heavy (non-hydrogen) atoms. The van der Waals surface area contributed by atoms with Gasteiger partial charge < -0.3 is 5.11 Å². The van der Waals surface area contributed by atoms with Crippen molar-refractivity contribution in [1.29, 1.82) is 0 Å². The van der Waals surface area contributed by atoms with Crippen LogP contribution in [0.4, 0.5) is 0 Å². The quantitative estimate of drug-likeness (QED) is 0.712. The first kappa shape index (κ1) is 8.69. The Morgan fingerprint density at radius 2 is 1.55 bits per heavy atom. The molecule has 1 nitrogen and oxygen atoms in total. The maximum atomic E-state index is 9.42. The molecule has 0 aliphatic heterocycles. The maximum Gasteiger partial charge on any atom is 0.124 e. The summed E-state index contributed by atoms with van der Waals surface area (Å²) in [6, 6.07) is 5.38. The molecule has 0 spiro atoms. The minimum absolute atomic E-state index is 0.220. The third-order valence-corrected chi connectivity index (χ3v) is 2.07. The number of aromatic hydroxyl groups is 1. The lowest BCUT2D eigenvalue weighted by Crippen LogP contribution is -1.84. The molecule has 3 heteroatoms. The Morgan fingerprint density at radius 1 is 1.09 bits per heavy atom. The molecule has 1 rings (SSSR count). The zero-order valence-electron chi connectivity index (χ0n) is 5.85. The monoisotopic (exact) mass is 190 g/mol. The van der Waals surface area contributed by atoms with Gasteiger partial charge in [-0.15, -0.1) is 23.2 Å². The van der Waals surface area contributed by atoms with Crippen LogP contribution in [0, 0.1) is 0 Å². The molecule has 0 aromatic heterocycles. The fourth-order valence-electron chi connectivity index (χ4n) is 0.860. The molecule has 0 amide bonds. The van der Waals surface area contributed by atoms with E-state index in [0.717, 1.165) is 11.1 Å². The van der Waals surface area contributed by atoms with Gasteiger partial charge in [-0.3, -0.25) is 0 Å². The van der Waals surface area contributed by atoms with E-state index in [1.54, 1.807) is 12.1 Å². The Morgan fingerprint density at radius 3 is 1.91 bits per heavy atom. The summed E-state index contributed by atoms with van der Waals surface area (Å²) in [4.78, 5) is 0. The van der Waals surface area contributed by atoms with Crippen LogP contribution in [0.3, 0.4) is 0 Å². The van der Waals surface area contributed by atoms with E-state index in [0.29, 0.717) is 11.8 Å². The summed E-state index contributed by atoms with van der Waals surface area (Å²) in [6.45, 7) is 0. The molecule has 0 aliphatic rings. The van der Waals surface area contributed by atoms with Gasteiger partial charge in [0, 0.05) is 11.1 Å². The van der Waals surface area contributed by atoms with Crippen LogP contribution >= 0.6 is 23.2 Å². The molecule has 0 heterocycles. The third kappa shape index (κ3) is 1.79. The van der Waals surface area contributed by atoms with E-state index < -0.39 is 0 Å². The van der Waals surface area contributed by atoms with E-state index in [1.807, 2.05) is 6.07 Å². The van der Waals surface area contributed by atoms with Crippen LogP contribution in [-0.4, -0.2) is 5.11 Å². The smallest absolute Gasteiger partial charge is 0.124 e. The zero-order valence-corrected chi connectivity index (χ0v) is 7.36. The molecule has 0 aliphatic carbocycles. The van der Waals surface area contributed by atoms with Crippen molar-refractivity contribution in [2.45, 2.75) is 11.8 Å². The number of hydrogen-bond acceptors (Lipinski definition) is 1. The molecule has 1 aromatic rings. The fourth-order valence-corrected chi connectivity index (χ4v) is 1.29. The molecule has 0 bridgehead atoms. The highest BCUT2D eigenvalue weighted by molar-refractivity contribution is 6.18. The average molecular weight is 191 g/mol. The van der Waals surface area contributed by atoms with E-state index in [2.05, 4.69) is 0 Å². The summed E-state index contributed by atoms with van der Waals surface area (Å²) in [5, 5.41) is 9.42. The summed E-state index contributed by atoms with van der Waals surface area (Å²) in [6.07, 6.45) is 0. The van der Waals surface area contributed by atoms with Gasteiger partial charge in [-0.2, -0.15) is 0 Å². The summed E-state index contributed by atoms with van der Waals surface area (Å²) in [5.74, 6) is 0.852. The van der Waals surface area contributed by atoms with Crippen molar-refractivity contribution in [3.8, 4) is 5.75 Å². The molecular weight excluding hydrogens is 183 g/mol. The van der Waals surface area contributed by atoms with E-state index >= 15 is 0 Å². The van der Waals surface area contributed by atoms with Crippen LogP contribution in [0.25, 0.3) is 0 Å². The summed E-state index contributed by atoms with van der Waals surface area (Å²) < 4.78 is 0. The van der Waals surface area contributed by atoms with Gasteiger partial charge in [-0.05, 0) is 0 Å². The van der Waals surface area contributed by atoms with E-state index in [4.69, 9.17) is 23.2 Å². The second-order valence-corrected chi connectivity index (χ2v) is 2.73. The molecule has 0 saturated heterocycles. The maximum absolute atomic E-state index is 9.42. The highest BCUT2D eigenvalue weighted by Gasteiger charge is 2.03. The van der Waals surface area contributed by atoms with Crippen molar-refractivity contribution >= 4 is 23.2 Å². The number of hydrogen-bond donors (Lipinski definition) is 1. The van der Waals surface area contributed by atoms with Gasteiger partial charge in [-0.1, -0.05) is 18.2 Å². The molecule has 1 aromatic carbocycles. The first-order valence-electron chi connectivity index (χ1n) is 3.21. The summed E-state index contributed by atoms with van der Waals surface area (Å²) in [7, 11) is 0. The summed E-state index contributed by atoms with van der Waals surface area (Å²) >= 11 is 11.1. The second kappa shape index (κ2) is 3.84. The number of halogens is 2. The third-order valence-electron chi connectivity index (χ3n) is 1.49. The normalized spacial score (nSPS) is 10.0. The van der Waals surface area contributed by atoms with Gasteiger partial charge in [0.2, 0.25) is 0 Å². The van der Waals surface area contributed by atoms with E-state index in [9.17, 15) is 5.11 Å². The van der Waals surface area contributed by atoms with Crippen LogP contribution in [-0.2, 0) is 11.8 Å². The van der Waals surface area contributed by atoms with Crippen molar-refractivity contribution in [2.24, 2.45) is 0 Å². The lowest BCUT2D eigenvalue weighted by Gasteiger charge is -2.03. The number of rotatable bonds is 2. The van der Waals surface area contributed by atoms with Crippen LogP contribution < -0.4 is 0 Å². The van der Waals surface area contributed by atoms with Crippen molar-refractivity contribution in [2.75, 3.05) is 0 Å². The Hall–Kier alpha value is -0.400. The van der Waals surface area contributed by atoms with Gasteiger partial charge in [0.1, 0.15) is 5.75 Å². The van der Waals surface area contributed by atoms with Gasteiger partial charge in [0.05, 0.1) is 11.8 Å². The van der Waals surface area contributed by atoms with Crippen molar-refractivity contribution in [3.05, 3.63) is 29.3 Å². The molecule has 0 unspecified atom stereocenters. The number of phenolic OH excluding ortho intramolecular Hbond substituents is 1. The van der Waals surface area contributed by atoms with E-state index in [1.165, 1.54) is 0 Å². The van der Waals surface area contributed by atoms with Gasteiger partial charge in [0.15, 0.2) is 0 Å². The first-order chi connectivity index (χ1) is 5.29.